The molecule has 5 heteroatoms. The summed E-state index contributed by atoms with van der Waals surface area (Å²) >= 11 is 0. The average Bonchev–Trinajstić information content (AvgIpc) is 2.42. The van der Waals surface area contributed by atoms with Crippen LogP contribution in [0, 0.1) is 22.7 Å². The van der Waals surface area contributed by atoms with Gasteiger partial charge in [0.1, 0.15) is 29.0 Å². The van der Waals surface area contributed by atoms with Gasteiger partial charge in [0.25, 0.3) is 0 Å². The highest BCUT2D eigenvalue weighted by atomic mass is 16.5. The Balaban J connectivity index is 2.75. The largest absolute Gasteiger partial charge is 0.493 e. The number of hydrogen-bond donors (Lipinski definition) is 0. The van der Waals surface area contributed by atoms with Crippen molar-refractivity contribution in [2.24, 2.45) is 0 Å². The number of carbonyl (C=O) groups excluding carboxylic acids is 2. The van der Waals surface area contributed by atoms with Crippen LogP contribution in [0.2, 0.25) is 0 Å². The number of ketones is 2. The van der Waals surface area contributed by atoms with Crippen molar-refractivity contribution in [3.8, 4) is 17.9 Å². The topological polar surface area (TPSA) is 90.9 Å². The molecule has 0 spiro atoms. The molecule has 1 aromatic carbocycles. The van der Waals surface area contributed by atoms with Crippen LogP contribution in [-0.4, -0.2) is 18.2 Å². The number of carbonyl (C=O) groups is 2. The first-order valence-corrected chi connectivity index (χ1v) is 5.55. The predicted octanol–water partition coefficient (Wildman–Crippen LogP) is 1.81. The van der Waals surface area contributed by atoms with Gasteiger partial charge in [-0.15, -0.1) is 0 Å². The van der Waals surface area contributed by atoms with Crippen molar-refractivity contribution >= 4 is 11.6 Å². The number of ether oxygens (including phenoxy) is 1. The number of Topliss-reactive ketones (excluding diaryl/α,β-unsaturated/α-hetero) is 2. The summed E-state index contributed by atoms with van der Waals surface area (Å²) in [6, 6.07) is 7.82. The number of hydrogen-bond acceptors (Lipinski definition) is 5. The zero-order valence-corrected chi connectivity index (χ0v) is 10.1. The molecule has 92 valence electrons. The van der Waals surface area contributed by atoms with Gasteiger partial charge >= 0.3 is 0 Å². The molecule has 0 radical (unpaired) electrons. The van der Waals surface area contributed by atoms with E-state index in [1.54, 1.807) is 31.2 Å². The van der Waals surface area contributed by atoms with Crippen LogP contribution in [0.3, 0.4) is 0 Å². The number of benzene rings is 1. The van der Waals surface area contributed by atoms with Gasteiger partial charge in [-0.05, 0) is 19.1 Å². The SMILES string of the molecule is CCOc1cccc2c1C(=O)C(C#N)=C(C#N)C2=O. The zero-order chi connectivity index (χ0) is 14.0. The van der Waals surface area contributed by atoms with E-state index in [0.29, 0.717) is 6.61 Å². The maximum Gasteiger partial charge on any atom is 0.209 e. The second kappa shape index (κ2) is 4.75. The molecular formula is C14H8N2O3. The van der Waals surface area contributed by atoms with Gasteiger partial charge in [0.05, 0.1) is 12.2 Å². The lowest BCUT2D eigenvalue weighted by atomic mass is 9.84. The molecule has 0 amide bonds. The molecule has 0 saturated heterocycles. The van der Waals surface area contributed by atoms with Crippen molar-refractivity contribution in [1.82, 2.24) is 0 Å². The fraction of sp³-hybridized carbons (Fsp3) is 0.143. The monoisotopic (exact) mass is 252 g/mol. The third-order valence-electron chi connectivity index (χ3n) is 2.73. The Bertz CT molecular complexity index is 702. The van der Waals surface area contributed by atoms with E-state index in [4.69, 9.17) is 15.3 Å². The minimum absolute atomic E-state index is 0.0601. The third-order valence-corrected chi connectivity index (χ3v) is 2.73. The Morgan fingerprint density at radius 3 is 2.32 bits per heavy atom. The van der Waals surface area contributed by atoms with Crippen LogP contribution in [-0.2, 0) is 0 Å². The summed E-state index contributed by atoms with van der Waals surface area (Å²) in [5.74, 6) is -1.00. The summed E-state index contributed by atoms with van der Waals surface area (Å²) in [5.41, 5.74) is -0.669. The summed E-state index contributed by atoms with van der Waals surface area (Å²) in [6.45, 7) is 2.07. The zero-order valence-electron chi connectivity index (χ0n) is 10.1. The molecule has 0 N–H and O–H groups in total. The Kier molecular flexibility index (Phi) is 3.14. The lowest BCUT2D eigenvalue weighted by Crippen LogP contribution is -2.22. The number of nitriles is 2. The number of fused-ring (bicyclic) bond motifs is 1. The first kappa shape index (κ1) is 12.5. The number of allylic oxidation sites excluding steroid dienone is 2. The van der Waals surface area contributed by atoms with E-state index in [-0.39, 0.29) is 16.9 Å². The first-order chi connectivity index (χ1) is 9.15. The number of rotatable bonds is 2. The molecule has 0 aliphatic heterocycles. The molecule has 0 saturated carbocycles. The molecule has 5 nitrogen and oxygen atoms in total. The van der Waals surface area contributed by atoms with E-state index in [0.717, 1.165) is 0 Å². The maximum absolute atomic E-state index is 12.2. The van der Waals surface area contributed by atoms with Crippen molar-refractivity contribution < 1.29 is 14.3 Å². The lowest BCUT2D eigenvalue weighted by Gasteiger charge is -2.17. The molecule has 1 aliphatic carbocycles. The maximum atomic E-state index is 12.2. The van der Waals surface area contributed by atoms with Crippen molar-refractivity contribution in [1.29, 1.82) is 10.5 Å². The first-order valence-electron chi connectivity index (χ1n) is 5.55. The third kappa shape index (κ3) is 1.78. The highest BCUT2D eigenvalue weighted by Crippen LogP contribution is 2.32. The van der Waals surface area contributed by atoms with Crippen LogP contribution in [0.25, 0.3) is 0 Å². The van der Waals surface area contributed by atoms with Gasteiger partial charge in [0.2, 0.25) is 11.6 Å². The summed E-state index contributed by atoms with van der Waals surface area (Å²) < 4.78 is 5.30. The Morgan fingerprint density at radius 2 is 1.74 bits per heavy atom. The fourth-order valence-corrected chi connectivity index (χ4v) is 1.93. The molecule has 1 aromatic rings. The highest BCUT2D eigenvalue weighted by Gasteiger charge is 2.34. The van der Waals surface area contributed by atoms with Gasteiger partial charge in [-0.2, -0.15) is 10.5 Å². The Morgan fingerprint density at radius 1 is 1.11 bits per heavy atom. The van der Waals surface area contributed by atoms with Crippen molar-refractivity contribution in [2.75, 3.05) is 6.61 Å². The highest BCUT2D eigenvalue weighted by molar-refractivity contribution is 6.30. The van der Waals surface area contributed by atoms with Crippen LogP contribution in [0.4, 0.5) is 0 Å². The molecule has 0 aromatic heterocycles. The van der Waals surface area contributed by atoms with E-state index in [2.05, 4.69) is 0 Å². The van der Waals surface area contributed by atoms with Gasteiger partial charge in [-0.3, -0.25) is 9.59 Å². The quantitative estimate of drug-likeness (QED) is 0.800. The molecule has 0 atom stereocenters. The summed E-state index contributed by atoms with van der Waals surface area (Å²) in [6.07, 6.45) is 0. The van der Waals surface area contributed by atoms with Crippen LogP contribution < -0.4 is 4.74 Å². The predicted molar refractivity (Wildman–Crippen MR) is 64.5 cm³/mol. The Hall–Kier alpha value is -2.92. The van der Waals surface area contributed by atoms with E-state index in [1.165, 1.54) is 6.07 Å². The molecule has 0 heterocycles. The Labute approximate surface area is 109 Å². The second-order valence-corrected chi connectivity index (χ2v) is 3.74. The normalized spacial score (nSPS) is 13.6. The van der Waals surface area contributed by atoms with Crippen LogP contribution in [0.5, 0.6) is 5.75 Å². The molecule has 19 heavy (non-hydrogen) atoms. The van der Waals surface area contributed by atoms with E-state index in [1.807, 2.05) is 0 Å². The molecule has 0 bridgehead atoms. The van der Waals surface area contributed by atoms with Gasteiger partial charge < -0.3 is 4.74 Å². The van der Waals surface area contributed by atoms with E-state index >= 15 is 0 Å². The van der Waals surface area contributed by atoms with Crippen LogP contribution in [0.1, 0.15) is 27.6 Å². The fourth-order valence-electron chi connectivity index (χ4n) is 1.93. The molecule has 2 rings (SSSR count). The van der Waals surface area contributed by atoms with Crippen LogP contribution >= 0.6 is 0 Å². The smallest absolute Gasteiger partial charge is 0.209 e. The second-order valence-electron chi connectivity index (χ2n) is 3.74. The van der Waals surface area contributed by atoms with Crippen molar-refractivity contribution in [2.45, 2.75) is 6.92 Å². The lowest BCUT2D eigenvalue weighted by molar-refractivity contribution is 0.0979. The minimum atomic E-state index is -0.641. The van der Waals surface area contributed by atoms with E-state index in [9.17, 15) is 9.59 Å². The standard InChI is InChI=1S/C14H8N2O3/c1-2-19-11-5-3-4-8-12(11)14(18)10(7-16)9(6-15)13(8)17/h3-5H,2H2,1H3. The molecular weight excluding hydrogens is 244 g/mol. The van der Waals surface area contributed by atoms with Crippen molar-refractivity contribution in [3.63, 3.8) is 0 Å². The minimum Gasteiger partial charge on any atom is -0.493 e. The molecule has 0 unspecified atom stereocenters. The number of nitrogens with zero attached hydrogens (tertiary/aromatic N) is 2. The van der Waals surface area contributed by atoms with E-state index < -0.39 is 22.7 Å². The van der Waals surface area contributed by atoms with Gasteiger partial charge in [0.15, 0.2) is 0 Å². The molecule has 0 fully saturated rings. The van der Waals surface area contributed by atoms with Crippen molar-refractivity contribution in [3.05, 3.63) is 40.5 Å². The van der Waals surface area contributed by atoms with Gasteiger partial charge in [-0.25, -0.2) is 0 Å². The summed E-state index contributed by atoms with van der Waals surface area (Å²) in [7, 11) is 0. The van der Waals surface area contributed by atoms with Gasteiger partial charge in [0, 0.05) is 5.56 Å². The summed E-state index contributed by atoms with van der Waals surface area (Å²) in [5, 5.41) is 17.9. The molecule has 1 aliphatic rings. The summed E-state index contributed by atoms with van der Waals surface area (Å²) in [4.78, 5) is 24.3. The van der Waals surface area contributed by atoms with Gasteiger partial charge in [-0.1, -0.05) is 6.07 Å². The average molecular weight is 252 g/mol. The van der Waals surface area contributed by atoms with Crippen LogP contribution in [0.15, 0.2) is 29.3 Å².